The van der Waals surface area contributed by atoms with Crippen molar-refractivity contribution in [1.29, 1.82) is 0 Å². The van der Waals surface area contributed by atoms with Crippen molar-refractivity contribution in [3.8, 4) is 0 Å². The van der Waals surface area contributed by atoms with Crippen LogP contribution in [0.5, 0.6) is 0 Å². The molecular weight excluding hydrogens is 276 g/mol. The first-order valence-corrected chi connectivity index (χ1v) is 6.22. The van der Waals surface area contributed by atoms with Gasteiger partial charge in [0.05, 0.1) is 5.02 Å². The minimum Gasteiger partial charge on any atom is -0.338 e. The number of hydrogen-bond donors (Lipinski definition) is 0. The first-order valence-electron chi connectivity index (χ1n) is 5.85. The van der Waals surface area contributed by atoms with Gasteiger partial charge in [-0.05, 0) is 18.2 Å². The molecule has 0 saturated carbocycles. The Morgan fingerprint density at radius 2 is 2.00 bits per heavy atom. The molecule has 1 amide bonds. The highest BCUT2D eigenvalue weighted by Gasteiger charge is 2.35. The van der Waals surface area contributed by atoms with Gasteiger partial charge in [-0.2, -0.15) is 0 Å². The lowest BCUT2D eigenvalue weighted by molar-refractivity contribution is -0.120. The van der Waals surface area contributed by atoms with E-state index in [1.165, 1.54) is 17.0 Å². The van der Waals surface area contributed by atoms with Crippen LogP contribution in [0.15, 0.2) is 18.2 Å². The van der Waals surface area contributed by atoms with E-state index in [0.717, 1.165) is 6.07 Å². The third-order valence-electron chi connectivity index (χ3n) is 3.26. The zero-order chi connectivity index (χ0) is 14.0. The molecule has 0 aromatic heterocycles. The molecule has 0 N–H and O–H groups in total. The number of piperidine rings is 1. The van der Waals surface area contributed by atoms with Gasteiger partial charge in [-0.3, -0.25) is 9.59 Å². The molecule has 0 bridgehead atoms. The number of hydrogen-bond acceptors (Lipinski definition) is 2. The molecule has 0 unspecified atom stereocenters. The second-order valence-electron chi connectivity index (χ2n) is 4.57. The summed E-state index contributed by atoms with van der Waals surface area (Å²) in [5.74, 6) is -0.935. The number of benzene rings is 1. The molecule has 3 nitrogen and oxygen atoms in total. The molecule has 2 rings (SSSR count). The van der Waals surface area contributed by atoms with Gasteiger partial charge in [0.2, 0.25) is 0 Å². The lowest BCUT2D eigenvalue weighted by Crippen LogP contribution is -2.45. The molecular formula is C13H12ClF2NO2. The van der Waals surface area contributed by atoms with Gasteiger partial charge < -0.3 is 4.90 Å². The van der Waals surface area contributed by atoms with Gasteiger partial charge in [-0.15, -0.1) is 0 Å². The SMILES string of the molecule is O=CC1(F)CCN(C(=O)c2ccc(F)c(Cl)c2)CC1. The Morgan fingerprint density at radius 3 is 2.53 bits per heavy atom. The fourth-order valence-corrected chi connectivity index (χ4v) is 2.19. The van der Waals surface area contributed by atoms with Crippen LogP contribution in [0.1, 0.15) is 23.2 Å². The van der Waals surface area contributed by atoms with Crippen LogP contribution in [-0.2, 0) is 4.79 Å². The average molecular weight is 288 g/mol. The normalized spacial score (nSPS) is 18.2. The molecule has 19 heavy (non-hydrogen) atoms. The van der Waals surface area contributed by atoms with Crippen LogP contribution in [0, 0.1) is 5.82 Å². The molecule has 0 radical (unpaired) electrons. The molecule has 1 aromatic rings. The van der Waals surface area contributed by atoms with Crippen molar-refractivity contribution in [1.82, 2.24) is 4.90 Å². The molecule has 1 saturated heterocycles. The average Bonchev–Trinajstić information content (AvgIpc) is 2.42. The number of rotatable bonds is 2. The molecule has 1 aliphatic heterocycles. The molecule has 1 fully saturated rings. The first kappa shape index (κ1) is 13.9. The van der Waals surface area contributed by atoms with E-state index in [9.17, 15) is 18.4 Å². The van der Waals surface area contributed by atoms with Gasteiger partial charge in [0.25, 0.3) is 5.91 Å². The van der Waals surface area contributed by atoms with Crippen LogP contribution >= 0.6 is 11.6 Å². The maximum Gasteiger partial charge on any atom is 0.253 e. The highest BCUT2D eigenvalue weighted by atomic mass is 35.5. The number of aldehydes is 1. The molecule has 0 aliphatic carbocycles. The first-order chi connectivity index (χ1) is 8.95. The Balaban J connectivity index is 2.09. The Morgan fingerprint density at radius 1 is 1.37 bits per heavy atom. The van der Waals surface area contributed by atoms with Crippen LogP contribution < -0.4 is 0 Å². The van der Waals surface area contributed by atoms with Crippen molar-refractivity contribution in [3.05, 3.63) is 34.6 Å². The van der Waals surface area contributed by atoms with Gasteiger partial charge in [0.15, 0.2) is 12.0 Å². The highest BCUT2D eigenvalue weighted by Crippen LogP contribution is 2.26. The van der Waals surface area contributed by atoms with Crippen LogP contribution in [0.2, 0.25) is 5.02 Å². The minimum absolute atomic E-state index is 0.0167. The van der Waals surface area contributed by atoms with Crippen LogP contribution in [-0.4, -0.2) is 35.9 Å². The fourth-order valence-electron chi connectivity index (χ4n) is 2.01. The van der Waals surface area contributed by atoms with Crippen molar-refractivity contribution in [2.45, 2.75) is 18.5 Å². The quantitative estimate of drug-likeness (QED) is 0.784. The summed E-state index contributed by atoms with van der Waals surface area (Å²) in [5.41, 5.74) is -1.58. The predicted molar refractivity (Wildman–Crippen MR) is 66.5 cm³/mol. The van der Waals surface area contributed by atoms with Crippen molar-refractivity contribution in [3.63, 3.8) is 0 Å². The number of amides is 1. The zero-order valence-corrected chi connectivity index (χ0v) is 10.8. The van der Waals surface area contributed by atoms with E-state index < -0.39 is 11.5 Å². The molecule has 0 atom stereocenters. The van der Waals surface area contributed by atoms with E-state index in [2.05, 4.69) is 0 Å². The smallest absolute Gasteiger partial charge is 0.253 e. The summed E-state index contributed by atoms with van der Waals surface area (Å²) in [6.45, 7) is 0.312. The van der Waals surface area contributed by atoms with Crippen molar-refractivity contribution < 1.29 is 18.4 Å². The maximum atomic E-state index is 13.7. The van der Waals surface area contributed by atoms with Crippen LogP contribution in [0.25, 0.3) is 0 Å². The minimum atomic E-state index is -1.84. The third kappa shape index (κ3) is 2.92. The van der Waals surface area contributed by atoms with Crippen molar-refractivity contribution in [2.24, 2.45) is 0 Å². The molecule has 102 valence electrons. The Hall–Kier alpha value is -1.49. The van der Waals surface area contributed by atoms with Crippen LogP contribution in [0.4, 0.5) is 8.78 Å². The van der Waals surface area contributed by atoms with Gasteiger partial charge in [0, 0.05) is 31.5 Å². The topological polar surface area (TPSA) is 37.4 Å². The Bertz CT molecular complexity index is 513. The monoisotopic (exact) mass is 287 g/mol. The largest absolute Gasteiger partial charge is 0.338 e. The van der Waals surface area contributed by atoms with Gasteiger partial charge in [-0.1, -0.05) is 11.6 Å². The molecule has 1 heterocycles. The highest BCUT2D eigenvalue weighted by molar-refractivity contribution is 6.31. The molecule has 0 spiro atoms. The lowest BCUT2D eigenvalue weighted by atomic mass is 9.94. The van der Waals surface area contributed by atoms with E-state index in [4.69, 9.17) is 11.6 Å². The van der Waals surface area contributed by atoms with E-state index in [1.807, 2.05) is 0 Å². The zero-order valence-electron chi connectivity index (χ0n) is 10.0. The summed E-state index contributed by atoms with van der Waals surface area (Å²) in [4.78, 5) is 24.1. The summed E-state index contributed by atoms with van der Waals surface area (Å²) in [6.07, 6.45) is 0.262. The van der Waals surface area contributed by atoms with E-state index in [-0.39, 0.29) is 42.4 Å². The van der Waals surface area contributed by atoms with Crippen molar-refractivity contribution in [2.75, 3.05) is 13.1 Å². The predicted octanol–water partition coefficient (Wildman–Crippen LogP) is 2.62. The molecule has 1 aliphatic rings. The number of likely N-dealkylation sites (tertiary alicyclic amines) is 1. The van der Waals surface area contributed by atoms with Crippen molar-refractivity contribution >= 4 is 23.8 Å². The lowest BCUT2D eigenvalue weighted by Gasteiger charge is -2.33. The fraction of sp³-hybridized carbons (Fsp3) is 0.385. The summed E-state index contributed by atoms with van der Waals surface area (Å²) >= 11 is 5.61. The van der Waals surface area contributed by atoms with E-state index >= 15 is 0 Å². The Labute approximate surface area is 114 Å². The van der Waals surface area contributed by atoms with E-state index in [1.54, 1.807) is 0 Å². The second kappa shape index (κ2) is 5.25. The van der Waals surface area contributed by atoms with Gasteiger partial charge in [-0.25, -0.2) is 8.78 Å². The van der Waals surface area contributed by atoms with Crippen LogP contribution in [0.3, 0.4) is 0 Å². The summed E-state index contributed by atoms with van der Waals surface area (Å²) < 4.78 is 26.7. The number of alkyl halides is 1. The number of carbonyl (C=O) groups excluding carboxylic acids is 2. The van der Waals surface area contributed by atoms with Gasteiger partial charge in [0.1, 0.15) is 5.82 Å². The maximum absolute atomic E-state index is 13.7. The number of halogens is 3. The summed E-state index contributed by atoms with van der Waals surface area (Å²) in [7, 11) is 0. The van der Waals surface area contributed by atoms with E-state index in [0.29, 0.717) is 6.29 Å². The summed E-state index contributed by atoms with van der Waals surface area (Å²) in [6, 6.07) is 3.70. The standard InChI is InChI=1S/C13H12ClF2NO2/c14-10-7-9(1-2-11(10)15)12(19)17-5-3-13(16,8-18)4-6-17/h1-2,7-8H,3-6H2. The number of carbonyl (C=O) groups is 2. The summed E-state index contributed by atoms with van der Waals surface area (Å²) in [5, 5.41) is -0.129. The molecule has 6 heteroatoms. The number of nitrogens with zero attached hydrogens (tertiary/aromatic N) is 1. The third-order valence-corrected chi connectivity index (χ3v) is 3.55. The van der Waals surface area contributed by atoms with Gasteiger partial charge >= 0.3 is 0 Å². The molecule has 1 aromatic carbocycles. The Kier molecular flexibility index (Phi) is 3.85. The second-order valence-corrected chi connectivity index (χ2v) is 4.98.